The van der Waals surface area contributed by atoms with Crippen LogP contribution in [0.15, 0.2) is 12.1 Å². The molecule has 0 heterocycles. The van der Waals surface area contributed by atoms with E-state index in [1.165, 1.54) is 12.1 Å². The summed E-state index contributed by atoms with van der Waals surface area (Å²) in [6.07, 6.45) is 1.98. The SMILES string of the molecule is O=C(O)c1cc(Cl)cc(Cl)c1OC1CC1. The summed E-state index contributed by atoms with van der Waals surface area (Å²) in [5.74, 6) is -0.869. The molecule has 1 N–H and O–H groups in total. The Labute approximate surface area is 96.6 Å². The quantitative estimate of drug-likeness (QED) is 0.891. The second kappa shape index (κ2) is 3.91. The third kappa shape index (κ3) is 2.36. The third-order valence-corrected chi connectivity index (χ3v) is 2.55. The number of benzene rings is 1. The van der Waals surface area contributed by atoms with Gasteiger partial charge in [-0.05, 0) is 25.0 Å². The molecule has 0 amide bonds. The van der Waals surface area contributed by atoms with Gasteiger partial charge in [0.2, 0.25) is 0 Å². The summed E-state index contributed by atoms with van der Waals surface area (Å²) in [7, 11) is 0. The van der Waals surface area contributed by atoms with Crippen LogP contribution < -0.4 is 4.74 Å². The number of carbonyl (C=O) groups is 1. The number of halogens is 2. The summed E-state index contributed by atoms with van der Waals surface area (Å²) in [5, 5.41) is 9.49. The Hall–Kier alpha value is -0.930. The molecule has 1 aromatic rings. The zero-order valence-corrected chi connectivity index (χ0v) is 9.18. The Morgan fingerprint density at radius 3 is 2.60 bits per heavy atom. The van der Waals surface area contributed by atoms with Crippen molar-refractivity contribution in [3.63, 3.8) is 0 Å². The lowest BCUT2D eigenvalue weighted by Gasteiger charge is -2.10. The van der Waals surface area contributed by atoms with E-state index in [1.807, 2.05) is 0 Å². The molecule has 2 rings (SSSR count). The minimum absolute atomic E-state index is 0.0133. The van der Waals surface area contributed by atoms with Crippen molar-refractivity contribution in [3.8, 4) is 5.75 Å². The van der Waals surface area contributed by atoms with Crippen molar-refractivity contribution >= 4 is 29.2 Å². The second-order valence-electron chi connectivity index (χ2n) is 3.39. The summed E-state index contributed by atoms with van der Waals surface area (Å²) in [6.45, 7) is 0. The molecule has 15 heavy (non-hydrogen) atoms. The summed E-state index contributed by atoms with van der Waals surface area (Å²) >= 11 is 11.6. The molecule has 1 aliphatic rings. The van der Waals surface area contributed by atoms with Gasteiger partial charge in [-0.1, -0.05) is 23.2 Å². The van der Waals surface area contributed by atoms with Crippen molar-refractivity contribution in [1.29, 1.82) is 0 Å². The largest absolute Gasteiger partial charge is 0.488 e. The summed E-state index contributed by atoms with van der Waals surface area (Å²) in [4.78, 5) is 10.9. The predicted octanol–water partition coefficient (Wildman–Crippen LogP) is 3.23. The van der Waals surface area contributed by atoms with E-state index in [4.69, 9.17) is 33.0 Å². The molecule has 80 valence electrons. The lowest BCUT2D eigenvalue weighted by atomic mass is 10.2. The molecule has 1 aliphatic carbocycles. The fourth-order valence-corrected chi connectivity index (χ4v) is 1.73. The summed E-state index contributed by atoms with van der Waals surface area (Å²) in [5.41, 5.74) is 0.0133. The van der Waals surface area contributed by atoms with Gasteiger partial charge in [-0.2, -0.15) is 0 Å². The molecule has 0 atom stereocenters. The van der Waals surface area contributed by atoms with Gasteiger partial charge in [0.15, 0.2) is 5.75 Å². The standard InChI is InChI=1S/C10H8Cl2O3/c11-5-3-7(10(13)14)9(8(12)4-5)15-6-1-2-6/h3-4,6H,1-2H2,(H,13,14). The van der Waals surface area contributed by atoms with Crippen molar-refractivity contribution in [3.05, 3.63) is 27.7 Å². The first kappa shape index (κ1) is 10.6. The number of aromatic carboxylic acids is 1. The monoisotopic (exact) mass is 246 g/mol. The van der Waals surface area contributed by atoms with E-state index in [2.05, 4.69) is 0 Å². The number of hydrogen-bond donors (Lipinski definition) is 1. The number of rotatable bonds is 3. The third-order valence-electron chi connectivity index (χ3n) is 2.05. The van der Waals surface area contributed by atoms with Gasteiger partial charge < -0.3 is 9.84 Å². The maximum Gasteiger partial charge on any atom is 0.339 e. The Morgan fingerprint density at radius 1 is 1.40 bits per heavy atom. The van der Waals surface area contributed by atoms with Crippen LogP contribution >= 0.6 is 23.2 Å². The van der Waals surface area contributed by atoms with Gasteiger partial charge in [-0.25, -0.2) is 4.79 Å². The molecule has 1 saturated carbocycles. The molecule has 0 spiro atoms. The van der Waals surface area contributed by atoms with Crippen molar-refractivity contribution < 1.29 is 14.6 Å². The van der Waals surface area contributed by atoms with Crippen LogP contribution in [0.5, 0.6) is 5.75 Å². The van der Waals surface area contributed by atoms with Crippen LogP contribution in [0, 0.1) is 0 Å². The summed E-state index contributed by atoms with van der Waals surface area (Å²) < 4.78 is 5.43. The van der Waals surface area contributed by atoms with Crippen LogP contribution in [0.1, 0.15) is 23.2 Å². The zero-order chi connectivity index (χ0) is 11.0. The van der Waals surface area contributed by atoms with Crippen LogP contribution in [0.25, 0.3) is 0 Å². The van der Waals surface area contributed by atoms with Crippen LogP contribution in [0.2, 0.25) is 10.0 Å². The summed E-state index contributed by atoms with van der Waals surface area (Å²) in [6, 6.07) is 2.82. The highest BCUT2D eigenvalue weighted by Gasteiger charge is 2.27. The topological polar surface area (TPSA) is 46.5 Å². The Morgan fingerprint density at radius 2 is 2.07 bits per heavy atom. The molecule has 0 radical (unpaired) electrons. The van der Waals surface area contributed by atoms with Crippen molar-refractivity contribution in [1.82, 2.24) is 0 Å². The predicted molar refractivity (Wildman–Crippen MR) is 57.1 cm³/mol. The molecule has 0 aromatic heterocycles. The first-order valence-electron chi connectivity index (χ1n) is 4.47. The average molecular weight is 247 g/mol. The lowest BCUT2D eigenvalue weighted by molar-refractivity contribution is 0.0692. The van der Waals surface area contributed by atoms with Crippen LogP contribution in [-0.2, 0) is 0 Å². The van der Waals surface area contributed by atoms with E-state index in [0.717, 1.165) is 12.8 Å². The van der Waals surface area contributed by atoms with Gasteiger partial charge in [0.1, 0.15) is 5.56 Å². The van der Waals surface area contributed by atoms with Crippen molar-refractivity contribution in [2.75, 3.05) is 0 Å². The molecule has 0 unspecified atom stereocenters. The Kier molecular flexibility index (Phi) is 2.76. The highest BCUT2D eigenvalue weighted by molar-refractivity contribution is 6.36. The molecule has 3 nitrogen and oxygen atoms in total. The van der Waals surface area contributed by atoms with Crippen molar-refractivity contribution in [2.24, 2.45) is 0 Å². The first-order valence-corrected chi connectivity index (χ1v) is 5.22. The van der Waals surface area contributed by atoms with Gasteiger partial charge >= 0.3 is 5.97 Å². The lowest BCUT2D eigenvalue weighted by Crippen LogP contribution is -2.05. The van der Waals surface area contributed by atoms with E-state index in [9.17, 15) is 4.79 Å². The fraction of sp³-hybridized carbons (Fsp3) is 0.300. The maximum absolute atomic E-state index is 10.9. The van der Waals surface area contributed by atoms with E-state index >= 15 is 0 Å². The van der Waals surface area contributed by atoms with Gasteiger partial charge in [-0.15, -0.1) is 0 Å². The van der Waals surface area contributed by atoms with Gasteiger partial charge in [0.05, 0.1) is 11.1 Å². The van der Waals surface area contributed by atoms with Crippen LogP contribution in [0.4, 0.5) is 0 Å². The minimum Gasteiger partial charge on any atom is -0.488 e. The molecular formula is C10H8Cl2O3. The van der Waals surface area contributed by atoms with Gasteiger partial charge in [0.25, 0.3) is 0 Å². The van der Waals surface area contributed by atoms with E-state index in [0.29, 0.717) is 5.02 Å². The molecule has 0 aliphatic heterocycles. The second-order valence-corrected chi connectivity index (χ2v) is 4.23. The molecule has 1 fully saturated rings. The van der Waals surface area contributed by atoms with Crippen LogP contribution in [-0.4, -0.2) is 17.2 Å². The first-order chi connectivity index (χ1) is 7.08. The van der Waals surface area contributed by atoms with E-state index in [-0.39, 0.29) is 22.4 Å². The molecule has 0 bridgehead atoms. The highest BCUT2D eigenvalue weighted by atomic mass is 35.5. The van der Waals surface area contributed by atoms with E-state index in [1.54, 1.807) is 0 Å². The Balaban J connectivity index is 2.42. The number of carboxylic acid groups (broad SMARTS) is 1. The smallest absolute Gasteiger partial charge is 0.339 e. The van der Waals surface area contributed by atoms with Gasteiger partial charge in [0, 0.05) is 5.02 Å². The Bertz CT molecular complexity index is 413. The molecule has 5 heteroatoms. The highest BCUT2D eigenvalue weighted by Crippen LogP contribution is 2.36. The number of ether oxygens (including phenoxy) is 1. The number of carboxylic acids is 1. The minimum atomic E-state index is -1.09. The zero-order valence-electron chi connectivity index (χ0n) is 7.67. The van der Waals surface area contributed by atoms with Gasteiger partial charge in [-0.3, -0.25) is 0 Å². The maximum atomic E-state index is 10.9. The van der Waals surface area contributed by atoms with Crippen LogP contribution in [0.3, 0.4) is 0 Å². The average Bonchev–Trinajstić information content (AvgIpc) is 2.92. The molecular weight excluding hydrogens is 239 g/mol. The van der Waals surface area contributed by atoms with Crippen molar-refractivity contribution in [2.45, 2.75) is 18.9 Å². The normalized spacial score (nSPS) is 15.1. The van der Waals surface area contributed by atoms with E-state index < -0.39 is 5.97 Å². The molecule has 0 saturated heterocycles. The molecule has 1 aromatic carbocycles. The fourth-order valence-electron chi connectivity index (χ4n) is 1.19. The number of hydrogen-bond acceptors (Lipinski definition) is 2.